The summed E-state index contributed by atoms with van der Waals surface area (Å²) in [4.78, 5) is 12.2. The second-order valence-corrected chi connectivity index (χ2v) is 5.69. The Morgan fingerprint density at radius 3 is 2.59 bits per heavy atom. The molecule has 0 aliphatic carbocycles. The summed E-state index contributed by atoms with van der Waals surface area (Å²) in [6, 6.07) is 10.9. The van der Waals surface area contributed by atoms with Gasteiger partial charge in [0.15, 0.2) is 11.5 Å². The molecule has 0 unspecified atom stereocenters. The van der Waals surface area contributed by atoms with Gasteiger partial charge in [0.25, 0.3) is 0 Å². The van der Waals surface area contributed by atoms with Gasteiger partial charge < -0.3 is 14.8 Å². The first-order valence-electron chi connectivity index (χ1n) is 8.16. The van der Waals surface area contributed by atoms with Gasteiger partial charge in [0, 0.05) is 11.8 Å². The highest BCUT2D eigenvalue weighted by molar-refractivity contribution is 6.02. The third-order valence-corrected chi connectivity index (χ3v) is 3.89. The van der Waals surface area contributed by atoms with Gasteiger partial charge in [0.05, 0.1) is 19.9 Å². The molecule has 0 fully saturated rings. The fraction of sp³-hybridized carbons (Fsp3) is 0.158. The quantitative estimate of drug-likeness (QED) is 0.675. The summed E-state index contributed by atoms with van der Waals surface area (Å²) < 4.78 is 12.0. The maximum Gasteiger partial charge on any atom is 0.248 e. The lowest BCUT2D eigenvalue weighted by Gasteiger charge is -2.08. The highest BCUT2D eigenvalue weighted by atomic mass is 16.5. The minimum absolute atomic E-state index is 0.237. The molecule has 1 heterocycles. The number of hydrogen-bond donors (Lipinski definition) is 1. The van der Waals surface area contributed by atoms with Gasteiger partial charge in [-0.25, -0.2) is 4.68 Å². The number of methoxy groups -OCH3 is 2. The van der Waals surface area contributed by atoms with Crippen molar-refractivity contribution < 1.29 is 14.3 Å². The van der Waals surface area contributed by atoms with Crippen LogP contribution < -0.4 is 14.8 Å². The lowest BCUT2D eigenvalue weighted by Crippen LogP contribution is -2.08. The Balaban J connectivity index is 1.69. The molecule has 0 saturated heterocycles. The van der Waals surface area contributed by atoms with E-state index in [0.29, 0.717) is 17.2 Å². The van der Waals surface area contributed by atoms with Crippen LogP contribution in [0.5, 0.6) is 11.5 Å². The largest absolute Gasteiger partial charge is 0.493 e. The topological polar surface area (TPSA) is 91.2 Å². The molecule has 0 radical (unpaired) electrons. The molecule has 27 heavy (non-hydrogen) atoms. The van der Waals surface area contributed by atoms with Crippen LogP contribution in [0, 0.1) is 6.92 Å². The van der Waals surface area contributed by atoms with Gasteiger partial charge in [-0.1, -0.05) is 6.07 Å². The SMILES string of the molecule is COc1ccc(/C=C/C(=O)Nc2ccc(-n3cnnn3)c(C)c2)cc1OC. The van der Waals surface area contributed by atoms with E-state index in [1.54, 1.807) is 43.2 Å². The zero-order valence-electron chi connectivity index (χ0n) is 15.2. The van der Waals surface area contributed by atoms with Gasteiger partial charge in [0.1, 0.15) is 6.33 Å². The van der Waals surface area contributed by atoms with Crippen LogP contribution in [0.1, 0.15) is 11.1 Å². The number of nitrogens with zero attached hydrogens (tertiary/aromatic N) is 4. The predicted molar refractivity (Wildman–Crippen MR) is 101 cm³/mol. The Kier molecular flexibility index (Phi) is 5.46. The predicted octanol–water partition coefficient (Wildman–Crippen LogP) is 2.64. The van der Waals surface area contributed by atoms with Crippen molar-refractivity contribution >= 4 is 17.7 Å². The van der Waals surface area contributed by atoms with E-state index in [4.69, 9.17) is 9.47 Å². The average Bonchev–Trinajstić information content (AvgIpc) is 3.20. The molecule has 0 saturated carbocycles. The molecule has 0 spiro atoms. The number of amides is 1. The molecular weight excluding hydrogens is 346 g/mol. The summed E-state index contributed by atoms with van der Waals surface area (Å²) in [6.07, 6.45) is 4.69. The van der Waals surface area contributed by atoms with Crippen LogP contribution in [0.4, 0.5) is 5.69 Å². The van der Waals surface area contributed by atoms with Gasteiger partial charge in [-0.3, -0.25) is 4.79 Å². The standard InChI is InChI=1S/C19H19N5O3/c1-13-10-15(6-7-16(13)24-12-20-22-23-24)21-19(25)9-5-14-4-8-17(26-2)18(11-14)27-3/h4-12H,1-3H3,(H,21,25)/b9-5+. The van der Waals surface area contributed by atoms with Crippen molar-refractivity contribution in [3.05, 3.63) is 59.9 Å². The summed E-state index contributed by atoms with van der Waals surface area (Å²) in [7, 11) is 3.15. The number of rotatable bonds is 6. The summed E-state index contributed by atoms with van der Waals surface area (Å²) in [5, 5.41) is 13.9. The molecular formula is C19H19N5O3. The van der Waals surface area contributed by atoms with Crippen molar-refractivity contribution in [2.45, 2.75) is 6.92 Å². The number of aromatic nitrogens is 4. The Morgan fingerprint density at radius 1 is 1.11 bits per heavy atom. The third-order valence-electron chi connectivity index (χ3n) is 3.89. The summed E-state index contributed by atoms with van der Waals surface area (Å²) in [5.74, 6) is 1.01. The van der Waals surface area contributed by atoms with Crippen molar-refractivity contribution in [1.29, 1.82) is 0 Å². The number of tetrazole rings is 1. The van der Waals surface area contributed by atoms with E-state index in [1.165, 1.54) is 12.4 Å². The van der Waals surface area contributed by atoms with Crippen molar-refractivity contribution in [2.24, 2.45) is 0 Å². The average molecular weight is 365 g/mol. The summed E-state index contributed by atoms with van der Waals surface area (Å²) >= 11 is 0. The fourth-order valence-corrected chi connectivity index (χ4v) is 2.57. The fourth-order valence-electron chi connectivity index (χ4n) is 2.57. The maximum atomic E-state index is 12.2. The van der Waals surface area contributed by atoms with Gasteiger partial charge in [-0.15, -0.1) is 5.10 Å². The molecule has 1 amide bonds. The lowest BCUT2D eigenvalue weighted by atomic mass is 10.1. The number of carbonyl (C=O) groups is 1. The van der Waals surface area contributed by atoms with Gasteiger partial charge in [0.2, 0.25) is 5.91 Å². The highest BCUT2D eigenvalue weighted by Crippen LogP contribution is 2.28. The van der Waals surface area contributed by atoms with Crippen molar-refractivity contribution in [1.82, 2.24) is 20.2 Å². The Labute approximate surface area is 156 Å². The second kappa shape index (κ2) is 8.13. The molecule has 8 nitrogen and oxygen atoms in total. The Morgan fingerprint density at radius 2 is 1.93 bits per heavy atom. The molecule has 138 valence electrons. The minimum Gasteiger partial charge on any atom is -0.493 e. The number of anilines is 1. The molecule has 3 rings (SSSR count). The van der Waals surface area contributed by atoms with Gasteiger partial charge in [-0.05, 0) is 64.9 Å². The molecule has 2 aromatic carbocycles. The van der Waals surface area contributed by atoms with Crippen molar-refractivity contribution in [2.75, 3.05) is 19.5 Å². The van der Waals surface area contributed by atoms with Gasteiger partial charge >= 0.3 is 0 Å². The summed E-state index contributed by atoms with van der Waals surface area (Å²) in [5.41, 5.74) is 3.29. The number of nitrogens with one attached hydrogen (secondary N) is 1. The number of ether oxygens (including phenoxy) is 2. The van der Waals surface area contributed by atoms with E-state index in [0.717, 1.165) is 16.8 Å². The van der Waals surface area contributed by atoms with E-state index in [9.17, 15) is 4.79 Å². The molecule has 0 atom stereocenters. The van der Waals surface area contributed by atoms with Crippen LogP contribution in [0.2, 0.25) is 0 Å². The van der Waals surface area contributed by atoms with Crippen LogP contribution in [-0.4, -0.2) is 40.3 Å². The van der Waals surface area contributed by atoms with E-state index < -0.39 is 0 Å². The van der Waals surface area contributed by atoms with Crippen molar-refractivity contribution in [3.8, 4) is 17.2 Å². The number of hydrogen-bond acceptors (Lipinski definition) is 6. The number of aryl methyl sites for hydroxylation is 1. The number of carbonyl (C=O) groups excluding carboxylic acids is 1. The second-order valence-electron chi connectivity index (χ2n) is 5.69. The first-order valence-corrected chi connectivity index (χ1v) is 8.16. The van der Waals surface area contributed by atoms with Crippen LogP contribution >= 0.6 is 0 Å². The smallest absolute Gasteiger partial charge is 0.248 e. The van der Waals surface area contributed by atoms with Crippen LogP contribution in [-0.2, 0) is 4.79 Å². The van der Waals surface area contributed by atoms with E-state index >= 15 is 0 Å². The number of benzene rings is 2. The zero-order chi connectivity index (χ0) is 19.2. The third kappa shape index (κ3) is 4.30. The molecule has 0 aliphatic rings. The highest BCUT2D eigenvalue weighted by Gasteiger charge is 2.06. The van der Waals surface area contributed by atoms with Crippen molar-refractivity contribution in [3.63, 3.8) is 0 Å². The molecule has 1 N–H and O–H groups in total. The van der Waals surface area contributed by atoms with Crippen LogP contribution in [0.3, 0.4) is 0 Å². The monoisotopic (exact) mass is 365 g/mol. The minimum atomic E-state index is -0.237. The Bertz CT molecular complexity index is 967. The normalized spacial score (nSPS) is 10.8. The first kappa shape index (κ1) is 18.1. The van der Waals surface area contributed by atoms with Gasteiger partial charge in [-0.2, -0.15) is 0 Å². The molecule has 1 aromatic heterocycles. The van der Waals surface area contributed by atoms with Crippen LogP contribution in [0.25, 0.3) is 11.8 Å². The zero-order valence-corrected chi connectivity index (χ0v) is 15.2. The van der Waals surface area contributed by atoms with E-state index in [1.807, 2.05) is 25.1 Å². The maximum absolute atomic E-state index is 12.2. The summed E-state index contributed by atoms with van der Waals surface area (Å²) in [6.45, 7) is 1.92. The molecule has 3 aromatic rings. The van der Waals surface area contributed by atoms with E-state index in [2.05, 4.69) is 20.8 Å². The van der Waals surface area contributed by atoms with Crippen LogP contribution in [0.15, 0.2) is 48.8 Å². The molecule has 0 bridgehead atoms. The Hall–Kier alpha value is -3.68. The lowest BCUT2D eigenvalue weighted by molar-refractivity contribution is -0.111. The van der Waals surface area contributed by atoms with E-state index in [-0.39, 0.29) is 5.91 Å². The first-order chi connectivity index (χ1) is 13.1. The molecule has 8 heteroatoms. The molecule has 0 aliphatic heterocycles.